The van der Waals surface area contributed by atoms with Gasteiger partial charge in [-0.25, -0.2) is 9.78 Å². The van der Waals surface area contributed by atoms with Crippen LogP contribution in [-0.2, 0) is 4.79 Å². The van der Waals surface area contributed by atoms with Crippen LogP contribution < -0.4 is 5.32 Å². The Hall–Kier alpha value is -2.02. The number of halogens is 1. The first-order valence-electron chi connectivity index (χ1n) is 4.80. The van der Waals surface area contributed by atoms with Gasteiger partial charge in [0.15, 0.2) is 0 Å². The number of nitrogens with one attached hydrogen (secondary N) is 1. The number of hydrogen-bond donors (Lipinski definition) is 3. The fourth-order valence-electron chi connectivity index (χ4n) is 1.14. The number of aliphatic hydroxyl groups excluding tert-OH is 1. The predicted molar refractivity (Wildman–Crippen MR) is 54.8 cm³/mol. The number of carboxylic acid groups (broad SMARTS) is 1. The van der Waals surface area contributed by atoms with Crippen LogP contribution in [0.3, 0.4) is 0 Å². The summed E-state index contributed by atoms with van der Waals surface area (Å²) in [6, 6.07) is 1.00. The Morgan fingerprint density at radius 1 is 1.47 bits per heavy atom. The number of carbonyl (C=O) groups is 2. The van der Waals surface area contributed by atoms with E-state index in [1.165, 1.54) is 6.07 Å². The number of carbonyl (C=O) groups excluding carboxylic acids is 1. The zero-order valence-electron chi connectivity index (χ0n) is 8.76. The summed E-state index contributed by atoms with van der Waals surface area (Å²) in [5.41, 5.74) is 0.0515. The summed E-state index contributed by atoms with van der Waals surface area (Å²) >= 11 is 0. The summed E-state index contributed by atoms with van der Waals surface area (Å²) in [7, 11) is 0. The number of nitrogens with zero attached hydrogens (tertiary/aromatic N) is 1. The van der Waals surface area contributed by atoms with Crippen LogP contribution in [0.2, 0.25) is 0 Å². The molecule has 92 valence electrons. The van der Waals surface area contributed by atoms with Gasteiger partial charge in [-0.15, -0.1) is 0 Å². The first kappa shape index (κ1) is 13.0. The number of pyridine rings is 1. The third kappa shape index (κ3) is 3.80. The number of aliphatic hydroxyl groups is 1. The normalized spacial score (nSPS) is 11.9. The molecule has 0 aliphatic carbocycles. The van der Waals surface area contributed by atoms with Gasteiger partial charge in [0.2, 0.25) is 5.95 Å². The lowest BCUT2D eigenvalue weighted by Crippen LogP contribution is -2.41. The Bertz CT molecular complexity index is 407. The Kier molecular flexibility index (Phi) is 4.53. The van der Waals surface area contributed by atoms with Crippen LogP contribution >= 0.6 is 0 Å². The van der Waals surface area contributed by atoms with E-state index in [2.05, 4.69) is 10.3 Å². The average molecular weight is 242 g/mol. The molecule has 6 nitrogen and oxygen atoms in total. The standard InChI is InChI=1S/C10H11FN2O4/c11-8-2-1-6(5-12-8)9(15)13-7(3-4-14)10(16)17/h1-2,5,7,14H,3-4H2,(H,13,15)(H,16,17)/t7-/m0/s1. The molecule has 0 bridgehead atoms. The van der Waals surface area contributed by atoms with Gasteiger partial charge in [0.25, 0.3) is 5.91 Å². The second kappa shape index (κ2) is 5.90. The fraction of sp³-hybridized carbons (Fsp3) is 0.300. The van der Waals surface area contributed by atoms with Gasteiger partial charge >= 0.3 is 5.97 Å². The molecule has 0 aromatic carbocycles. The Morgan fingerprint density at radius 2 is 2.18 bits per heavy atom. The lowest BCUT2D eigenvalue weighted by molar-refractivity contribution is -0.139. The summed E-state index contributed by atoms with van der Waals surface area (Å²) in [5, 5.41) is 19.6. The number of amides is 1. The van der Waals surface area contributed by atoms with E-state index >= 15 is 0 Å². The van der Waals surface area contributed by atoms with Gasteiger partial charge in [-0.3, -0.25) is 4.79 Å². The van der Waals surface area contributed by atoms with Crippen molar-refractivity contribution in [3.05, 3.63) is 29.8 Å². The highest BCUT2D eigenvalue weighted by Gasteiger charge is 2.20. The number of aliphatic carboxylic acids is 1. The molecule has 0 fully saturated rings. The van der Waals surface area contributed by atoms with E-state index in [-0.39, 0.29) is 18.6 Å². The van der Waals surface area contributed by atoms with Gasteiger partial charge in [0, 0.05) is 19.2 Å². The van der Waals surface area contributed by atoms with Gasteiger partial charge in [-0.2, -0.15) is 4.39 Å². The van der Waals surface area contributed by atoms with Crippen molar-refractivity contribution in [2.75, 3.05) is 6.61 Å². The van der Waals surface area contributed by atoms with Crippen LogP contribution in [0.5, 0.6) is 0 Å². The van der Waals surface area contributed by atoms with Crippen LogP contribution in [0.15, 0.2) is 18.3 Å². The molecule has 0 radical (unpaired) electrons. The number of hydrogen-bond acceptors (Lipinski definition) is 4. The molecule has 0 aliphatic rings. The molecular formula is C10H11FN2O4. The fourth-order valence-corrected chi connectivity index (χ4v) is 1.14. The molecule has 1 rings (SSSR count). The molecular weight excluding hydrogens is 231 g/mol. The van der Waals surface area contributed by atoms with Crippen LogP contribution in [0, 0.1) is 5.95 Å². The molecule has 1 aromatic rings. The van der Waals surface area contributed by atoms with Crippen molar-refractivity contribution in [3.8, 4) is 0 Å². The highest BCUT2D eigenvalue weighted by atomic mass is 19.1. The molecule has 0 saturated carbocycles. The van der Waals surface area contributed by atoms with Crippen molar-refractivity contribution in [2.45, 2.75) is 12.5 Å². The summed E-state index contributed by atoms with van der Waals surface area (Å²) in [6.45, 7) is -0.362. The molecule has 7 heteroatoms. The highest BCUT2D eigenvalue weighted by Crippen LogP contribution is 2.01. The minimum Gasteiger partial charge on any atom is -0.480 e. The molecule has 1 amide bonds. The zero-order chi connectivity index (χ0) is 12.8. The lowest BCUT2D eigenvalue weighted by atomic mass is 10.2. The van der Waals surface area contributed by atoms with E-state index in [1.54, 1.807) is 0 Å². The van der Waals surface area contributed by atoms with Crippen molar-refractivity contribution in [1.29, 1.82) is 0 Å². The van der Waals surface area contributed by atoms with E-state index in [0.717, 1.165) is 12.3 Å². The SMILES string of the molecule is O=C(N[C@@H](CCO)C(=O)O)c1ccc(F)nc1. The van der Waals surface area contributed by atoms with Gasteiger partial charge in [0.1, 0.15) is 6.04 Å². The van der Waals surface area contributed by atoms with E-state index in [1.807, 2.05) is 0 Å². The quantitative estimate of drug-likeness (QED) is 0.620. The average Bonchev–Trinajstić information content (AvgIpc) is 2.29. The van der Waals surface area contributed by atoms with Crippen molar-refractivity contribution in [1.82, 2.24) is 10.3 Å². The summed E-state index contributed by atoms with van der Waals surface area (Å²) in [4.78, 5) is 25.5. The number of rotatable bonds is 5. The van der Waals surface area contributed by atoms with Crippen molar-refractivity contribution >= 4 is 11.9 Å². The minimum absolute atomic E-state index is 0.0515. The molecule has 1 aromatic heterocycles. The van der Waals surface area contributed by atoms with Crippen molar-refractivity contribution in [3.63, 3.8) is 0 Å². The molecule has 1 atom stereocenters. The molecule has 0 saturated heterocycles. The minimum atomic E-state index is -1.25. The van der Waals surface area contributed by atoms with E-state index in [4.69, 9.17) is 10.2 Å². The second-order valence-corrected chi connectivity index (χ2v) is 3.25. The monoisotopic (exact) mass is 242 g/mol. The van der Waals surface area contributed by atoms with Crippen LogP contribution in [0.4, 0.5) is 4.39 Å². The van der Waals surface area contributed by atoms with E-state index in [0.29, 0.717) is 0 Å². The van der Waals surface area contributed by atoms with Crippen LogP contribution in [0.25, 0.3) is 0 Å². The van der Waals surface area contributed by atoms with Crippen molar-refractivity contribution in [2.24, 2.45) is 0 Å². The summed E-state index contributed by atoms with van der Waals surface area (Å²) in [6.07, 6.45) is 0.901. The maximum atomic E-state index is 12.5. The highest BCUT2D eigenvalue weighted by molar-refractivity contribution is 5.96. The molecule has 17 heavy (non-hydrogen) atoms. The molecule has 1 heterocycles. The maximum absolute atomic E-state index is 12.5. The topological polar surface area (TPSA) is 99.5 Å². The van der Waals surface area contributed by atoms with Crippen molar-refractivity contribution < 1.29 is 24.2 Å². The Labute approximate surface area is 96.1 Å². The second-order valence-electron chi connectivity index (χ2n) is 3.25. The Morgan fingerprint density at radius 3 is 2.65 bits per heavy atom. The molecule has 0 spiro atoms. The van der Waals surface area contributed by atoms with Crippen LogP contribution in [0.1, 0.15) is 16.8 Å². The Balaban J connectivity index is 2.70. The molecule has 3 N–H and O–H groups in total. The third-order valence-corrected chi connectivity index (χ3v) is 2.01. The van der Waals surface area contributed by atoms with Crippen LogP contribution in [-0.4, -0.2) is 39.7 Å². The number of aromatic nitrogens is 1. The molecule has 0 unspecified atom stereocenters. The summed E-state index contributed by atoms with van der Waals surface area (Å²) in [5.74, 6) is -2.66. The first-order chi connectivity index (χ1) is 8.04. The van der Waals surface area contributed by atoms with Gasteiger partial charge in [-0.1, -0.05) is 0 Å². The van der Waals surface area contributed by atoms with E-state index in [9.17, 15) is 14.0 Å². The lowest BCUT2D eigenvalue weighted by Gasteiger charge is -2.12. The van der Waals surface area contributed by atoms with Gasteiger partial charge in [-0.05, 0) is 12.1 Å². The largest absolute Gasteiger partial charge is 0.480 e. The van der Waals surface area contributed by atoms with Gasteiger partial charge < -0.3 is 15.5 Å². The zero-order valence-corrected chi connectivity index (χ0v) is 8.76. The summed E-state index contributed by atoms with van der Waals surface area (Å²) < 4.78 is 12.5. The number of carboxylic acids is 1. The maximum Gasteiger partial charge on any atom is 0.326 e. The van der Waals surface area contributed by atoms with E-state index < -0.39 is 23.9 Å². The smallest absolute Gasteiger partial charge is 0.326 e. The van der Waals surface area contributed by atoms with Gasteiger partial charge in [0.05, 0.1) is 5.56 Å². The first-order valence-corrected chi connectivity index (χ1v) is 4.80. The third-order valence-electron chi connectivity index (χ3n) is 2.01. The molecule has 0 aliphatic heterocycles. The predicted octanol–water partition coefficient (Wildman–Crippen LogP) is -0.214.